The highest BCUT2D eigenvalue weighted by atomic mass is 79.9. The summed E-state index contributed by atoms with van der Waals surface area (Å²) in [5.74, 6) is 2.49. The molecule has 4 N–H and O–H groups in total. The zero-order valence-electron chi connectivity index (χ0n) is 18.3. The van der Waals surface area contributed by atoms with Gasteiger partial charge in [-0.05, 0) is 28.8 Å². The van der Waals surface area contributed by atoms with Gasteiger partial charge in [0.2, 0.25) is 5.95 Å². The summed E-state index contributed by atoms with van der Waals surface area (Å²) < 4.78 is 2.45. The predicted molar refractivity (Wildman–Crippen MR) is 132 cm³/mol. The Morgan fingerprint density at radius 3 is 2.79 bits per heavy atom. The van der Waals surface area contributed by atoms with Crippen LogP contribution in [0.4, 0.5) is 11.8 Å². The third-order valence-electron chi connectivity index (χ3n) is 4.53. The maximum absolute atomic E-state index is 12.8. The van der Waals surface area contributed by atoms with Crippen molar-refractivity contribution in [2.24, 2.45) is 5.92 Å². The van der Waals surface area contributed by atoms with E-state index in [1.165, 1.54) is 10.8 Å². The van der Waals surface area contributed by atoms with E-state index in [-0.39, 0.29) is 57.9 Å². The number of aliphatic hydroxyl groups excluding tert-OH is 1. The lowest BCUT2D eigenvalue weighted by Gasteiger charge is -2.21. The zero-order chi connectivity index (χ0) is 24.5. The van der Waals surface area contributed by atoms with Gasteiger partial charge in [-0.3, -0.25) is 14.2 Å². The summed E-state index contributed by atoms with van der Waals surface area (Å²) in [5, 5.41) is 27.5. The third kappa shape index (κ3) is 6.42. The molecule has 0 saturated heterocycles. The Balaban J connectivity index is 2.46. The number of nitrogens with one attached hydrogen (secondary N) is 3. The first kappa shape index (κ1) is 26.1. The van der Waals surface area contributed by atoms with Crippen LogP contribution in [-0.4, -0.2) is 44.7 Å². The van der Waals surface area contributed by atoms with Crippen molar-refractivity contribution in [3.8, 4) is 18.4 Å². The summed E-state index contributed by atoms with van der Waals surface area (Å²) >= 11 is 4.38. The van der Waals surface area contributed by atoms with Crippen LogP contribution in [0.15, 0.2) is 15.5 Å². The normalized spacial score (nSPS) is 13.2. The molecule has 0 aromatic carbocycles. The number of aliphatic hydroxyl groups is 1. The number of carbonyl (C=O) groups excluding carboxylic acids is 1. The number of nitrogens with zero attached hydrogens (tertiary/aromatic N) is 4. The number of anilines is 2. The van der Waals surface area contributed by atoms with Crippen LogP contribution in [-0.2, 0) is 11.3 Å². The van der Waals surface area contributed by atoms with Crippen molar-refractivity contribution in [3.05, 3.63) is 30.2 Å². The fourth-order valence-corrected chi connectivity index (χ4v) is 4.07. The van der Waals surface area contributed by atoms with Crippen LogP contribution in [0.2, 0.25) is 0 Å². The van der Waals surface area contributed by atoms with Gasteiger partial charge < -0.3 is 21.1 Å². The number of aromatic nitrogens is 3. The second-order valence-electron chi connectivity index (χ2n) is 7.05. The summed E-state index contributed by atoms with van der Waals surface area (Å²) in [6.07, 6.45) is 8.12. The van der Waals surface area contributed by atoms with Crippen molar-refractivity contribution in [1.29, 1.82) is 5.26 Å². The standard InChI is InChI=1S/C21H24BrN7O3S/c1-5-7-24-18(31)13(8-23)20-29(6-2)19(32)16(33-20)10-26-21-25-9-14(22)17(28-21)27-15(11-30)12(3)4/h1,9-10,12,15,30H,6-7,11H2,2-4H3,(H,24,31)(H2,25,26,27,28)/t15-/m0/s1. The second-order valence-corrected chi connectivity index (χ2v) is 8.94. The molecule has 0 unspecified atom stereocenters. The summed E-state index contributed by atoms with van der Waals surface area (Å²) in [6, 6.07) is 1.65. The van der Waals surface area contributed by atoms with Crippen LogP contribution in [0, 0.1) is 29.6 Å². The first-order chi connectivity index (χ1) is 15.8. The topological polar surface area (TPSA) is 145 Å². The SMILES string of the molecule is C#CCNC(=O)C(C#N)=c1sc(=CNc2ncc(Br)c(N[C@@H](CO)C(C)C)n2)c(=O)n1CC. The van der Waals surface area contributed by atoms with Gasteiger partial charge in [-0.2, -0.15) is 10.2 Å². The molecule has 2 aromatic heterocycles. The van der Waals surface area contributed by atoms with Crippen LogP contribution in [0.3, 0.4) is 0 Å². The second kappa shape index (κ2) is 12.2. The number of halogens is 1. The number of rotatable bonds is 9. The molecule has 10 nitrogen and oxygen atoms in total. The first-order valence-corrected chi connectivity index (χ1v) is 11.6. The van der Waals surface area contributed by atoms with Gasteiger partial charge in [0, 0.05) is 18.9 Å². The molecule has 33 heavy (non-hydrogen) atoms. The number of terminal acetylenes is 1. The highest BCUT2D eigenvalue weighted by molar-refractivity contribution is 9.10. The smallest absolute Gasteiger partial charge is 0.270 e. The maximum atomic E-state index is 12.8. The quantitative estimate of drug-likeness (QED) is 0.334. The van der Waals surface area contributed by atoms with E-state index in [1.807, 2.05) is 19.9 Å². The van der Waals surface area contributed by atoms with Gasteiger partial charge in [-0.1, -0.05) is 19.8 Å². The molecule has 0 fully saturated rings. The molecule has 2 rings (SSSR count). The molecule has 2 heterocycles. The van der Waals surface area contributed by atoms with Crippen molar-refractivity contribution in [2.75, 3.05) is 23.8 Å². The molecular formula is C21H24BrN7O3S. The summed E-state index contributed by atoms with van der Waals surface area (Å²) in [7, 11) is 0. The zero-order valence-corrected chi connectivity index (χ0v) is 20.7. The van der Waals surface area contributed by atoms with Crippen molar-refractivity contribution < 1.29 is 9.90 Å². The van der Waals surface area contributed by atoms with Crippen LogP contribution >= 0.6 is 27.3 Å². The Kier molecular flexibility index (Phi) is 9.60. The number of nitriles is 1. The lowest BCUT2D eigenvalue weighted by atomic mass is 10.1. The van der Waals surface area contributed by atoms with E-state index in [2.05, 4.69) is 47.8 Å². The Morgan fingerprint density at radius 2 is 2.21 bits per heavy atom. The Labute approximate surface area is 203 Å². The van der Waals surface area contributed by atoms with E-state index in [0.29, 0.717) is 10.3 Å². The fraction of sp³-hybridized carbons (Fsp3) is 0.381. The minimum atomic E-state index is -0.644. The van der Waals surface area contributed by atoms with E-state index < -0.39 is 5.91 Å². The molecule has 0 aliphatic heterocycles. The molecule has 174 valence electrons. The average molecular weight is 534 g/mol. The molecule has 0 saturated carbocycles. The van der Waals surface area contributed by atoms with Crippen LogP contribution in [0.25, 0.3) is 11.8 Å². The highest BCUT2D eigenvalue weighted by Crippen LogP contribution is 2.22. The summed E-state index contributed by atoms with van der Waals surface area (Å²) in [6.45, 7) is 5.87. The Hall–Kier alpha value is -3.19. The van der Waals surface area contributed by atoms with Gasteiger partial charge in [0.05, 0.1) is 23.7 Å². The average Bonchev–Trinajstić information content (AvgIpc) is 3.11. The van der Waals surface area contributed by atoms with Gasteiger partial charge >= 0.3 is 0 Å². The van der Waals surface area contributed by atoms with Gasteiger partial charge in [0.25, 0.3) is 11.5 Å². The number of hydrogen-bond donors (Lipinski definition) is 4. The number of hydrogen-bond acceptors (Lipinski definition) is 9. The molecule has 0 aliphatic rings. The monoisotopic (exact) mass is 533 g/mol. The third-order valence-corrected chi connectivity index (χ3v) is 6.24. The first-order valence-electron chi connectivity index (χ1n) is 9.99. The molecule has 0 bridgehead atoms. The van der Waals surface area contributed by atoms with Crippen molar-refractivity contribution in [2.45, 2.75) is 33.4 Å². The van der Waals surface area contributed by atoms with Crippen LogP contribution < -0.4 is 30.7 Å². The van der Waals surface area contributed by atoms with Gasteiger partial charge in [-0.25, -0.2) is 4.98 Å². The molecule has 12 heteroatoms. The Morgan fingerprint density at radius 1 is 1.48 bits per heavy atom. The molecule has 0 spiro atoms. The predicted octanol–water partition coefficient (Wildman–Crippen LogP) is 0.185. The molecule has 0 radical (unpaired) electrons. The van der Waals surface area contributed by atoms with E-state index in [9.17, 15) is 20.0 Å². The summed E-state index contributed by atoms with van der Waals surface area (Å²) in [5.41, 5.74) is -0.554. The van der Waals surface area contributed by atoms with E-state index in [0.717, 1.165) is 11.3 Å². The lowest BCUT2D eigenvalue weighted by molar-refractivity contribution is -0.115. The van der Waals surface area contributed by atoms with Crippen LogP contribution in [0.5, 0.6) is 0 Å². The molecule has 1 atom stereocenters. The van der Waals surface area contributed by atoms with Gasteiger partial charge in [0.1, 0.15) is 21.1 Å². The number of thiazole rings is 1. The van der Waals surface area contributed by atoms with E-state index >= 15 is 0 Å². The molecule has 0 aliphatic carbocycles. The number of amides is 1. The largest absolute Gasteiger partial charge is 0.394 e. The van der Waals surface area contributed by atoms with E-state index in [4.69, 9.17) is 6.42 Å². The molecular weight excluding hydrogens is 510 g/mol. The molecule has 1 amide bonds. The van der Waals surface area contributed by atoms with Crippen LogP contribution in [0.1, 0.15) is 20.8 Å². The summed E-state index contributed by atoms with van der Waals surface area (Å²) in [4.78, 5) is 33.6. The van der Waals surface area contributed by atoms with Gasteiger partial charge in [-0.15, -0.1) is 17.8 Å². The molecule has 2 aromatic rings. The van der Waals surface area contributed by atoms with Gasteiger partial charge in [0.15, 0.2) is 5.57 Å². The van der Waals surface area contributed by atoms with Crippen molar-refractivity contribution in [1.82, 2.24) is 19.9 Å². The van der Waals surface area contributed by atoms with Crippen molar-refractivity contribution in [3.63, 3.8) is 0 Å². The number of carbonyl (C=O) groups is 1. The minimum Gasteiger partial charge on any atom is -0.394 e. The van der Waals surface area contributed by atoms with E-state index in [1.54, 1.807) is 13.1 Å². The minimum absolute atomic E-state index is 0.0303. The maximum Gasteiger partial charge on any atom is 0.270 e. The lowest BCUT2D eigenvalue weighted by Crippen LogP contribution is -2.34. The fourth-order valence-electron chi connectivity index (χ4n) is 2.67. The highest BCUT2D eigenvalue weighted by Gasteiger charge is 2.16. The Bertz CT molecular complexity index is 1270. The van der Waals surface area contributed by atoms with Crippen molar-refractivity contribution >= 4 is 56.7 Å².